The molecule has 0 saturated carbocycles. The summed E-state index contributed by atoms with van der Waals surface area (Å²) in [5, 5.41) is 10.4. The number of rotatable bonds is 4. The second-order valence-electron chi connectivity index (χ2n) is 6.41. The van der Waals surface area contributed by atoms with Crippen LogP contribution >= 0.6 is 15.9 Å². The maximum absolute atomic E-state index is 12.5. The van der Waals surface area contributed by atoms with Crippen molar-refractivity contribution in [3.05, 3.63) is 81.5 Å². The maximum atomic E-state index is 12.5. The molecule has 0 unspecified atom stereocenters. The molecule has 5 nitrogen and oxygen atoms in total. The normalized spacial score (nSPS) is 14.0. The lowest BCUT2D eigenvalue weighted by Gasteiger charge is -2.26. The topological polar surface area (TPSA) is 61.0 Å². The predicted octanol–water partition coefficient (Wildman–Crippen LogP) is 3.98. The molecule has 0 aliphatic carbocycles. The maximum Gasteiger partial charge on any atom is 0.258 e. The first-order valence-electron chi connectivity index (χ1n) is 8.59. The van der Waals surface area contributed by atoms with Crippen LogP contribution in [0, 0.1) is 0 Å². The monoisotopic (exact) mass is 410 g/mol. The third-order valence-electron chi connectivity index (χ3n) is 4.61. The minimum Gasteiger partial charge on any atom is -0.305 e. The Labute approximate surface area is 160 Å². The Morgan fingerprint density at radius 3 is 2.73 bits per heavy atom. The summed E-state index contributed by atoms with van der Waals surface area (Å²) >= 11 is 3.42. The molecule has 26 heavy (non-hydrogen) atoms. The minimum absolute atomic E-state index is 0.154. The van der Waals surface area contributed by atoms with Gasteiger partial charge in [-0.3, -0.25) is 14.8 Å². The number of H-pyrrole nitrogens is 1. The van der Waals surface area contributed by atoms with E-state index in [2.05, 4.69) is 60.6 Å². The van der Waals surface area contributed by atoms with E-state index in [0.717, 1.165) is 41.8 Å². The van der Waals surface area contributed by atoms with Crippen LogP contribution in [0.1, 0.15) is 27.2 Å². The Morgan fingerprint density at radius 2 is 1.92 bits per heavy atom. The fraction of sp³-hybridized carbons (Fsp3) is 0.200. The van der Waals surface area contributed by atoms with Crippen LogP contribution in [0.4, 0.5) is 5.82 Å². The zero-order valence-electron chi connectivity index (χ0n) is 14.2. The van der Waals surface area contributed by atoms with Gasteiger partial charge in [0.15, 0.2) is 5.82 Å². The summed E-state index contributed by atoms with van der Waals surface area (Å²) in [6.07, 6.45) is 0.865. The van der Waals surface area contributed by atoms with Gasteiger partial charge in [0.05, 0.1) is 11.3 Å². The van der Waals surface area contributed by atoms with Gasteiger partial charge in [-0.05, 0) is 40.0 Å². The van der Waals surface area contributed by atoms with Gasteiger partial charge in [-0.15, -0.1) is 0 Å². The van der Waals surface area contributed by atoms with Crippen LogP contribution in [-0.4, -0.2) is 27.5 Å². The van der Waals surface area contributed by atoms with Gasteiger partial charge in [-0.1, -0.05) is 42.5 Å². The molecule has 0 saturated heterocycles. The molecule has 2 N–H and O–H groups in total. The van der Waals surface area contributed by atoms with E-state index in [0.29, 0.717) is 11.4 Å². The fourth-order valence-electron chi connectivity index (χ4n) is 3.27. The molecular weight excluding hydrogens is 392 g/mol. The number of hydrogen-bond donors (Lipinski definition) is 2. The summed E-state index contributed by atoms with van der Waals surface area (Å²) in [6.45, 7) is 2.67. The SMILES string of the molecule is O=C(Nc1n[nH]c2c1CCN(Cc1ccccc1)C2)c1ccccc1Br. The van der Waals surface area contributed by atoms with E-state index < -0.39 is 0 Å². The van der Waals surface area contributed by atoms with E-state index in [1.54, 1.807) is 6.07 Å². The van der Waals surface area contributed by atoms with E-state index in [1.165, 1.54) is 5.56 Å². The van der Waals surface area contributed by atoms with E-state index in [9.17, 15) is 4.79 Å². The molecule has 1 aliphatic rings. The van der Waals surface area contributed by atoms with Gasteiger partial charge in [-0.25, -0.2) is 0 Å². The lowest BCUT2D eigenvalue weighted by Crippen LogP contribution is -2.30. The average molecular weight is 411 g/mol. The molecular formula is C20H19BrN4O. The number of aromatic nitrogens is 2. The van der Waals surface area contributed by atoms with Crippen molar-refractivity contribution in [2.24, 2.45) is 0 Å². The first-order chi connectivity index (χ1) is 12.7. The number of amides is 1. The molecule has 0 bridgehead atoms. The summed E-state index contributed by atoms with van der Waals surface area (Å²) < 4.78 is 0.774. The van der Waals surface area contributed by atoms with Crippen LogP contribution < -0.4 is 5.32 Å². The third kappa shape index (κ3) is 3.57. The summed E-state index contributed by atoms with van der Waals surface area (Å²) in [5.41, 5.74) is 4.09. The fourth-order valence-corrected chi connectivity index (χ4v) is 3.74. The van der Waals surface area contributed by atoms with Gasteiger partial charge in [0, 0.05) is 29.7 Å². The largest absolute Gasteiger partial charge is 0.305 e. The number of anilines is 1. The number of carbonyl (C=O) groups excluding carboxylic acids is 1. The number of halogens is 1. The van der Waals surface area contributed by atoms with Gasteiger partial charge < -0.3 is 5.32 Å². The molecule has 3 aromatic rings. The first-order valence-corrected chi connectivity index (χ1v) is 9.38. The van der Waals surface area contributed by atoms with Crippen molar-refractivity contribution in [1.82, 2.24) is 15.1 Å². The molecule has 0 atom stereocenters. The number of nitrogens with zero attached hydrogens (tertiary/aromatic N) is 2. The number of carbonyl (C=O) groups is 1. The number of nitrogens with one attached hydrogen (secondary N) is 2. The summed E-state index contributed by atoms with van der Waals surface area (Å²) in [4.78, 5) is 14.9. The lowest BCUT2D eigenvalue weighted by molar-refractivity contribution is 0.102. The highest BCUT2D eigenvalue weighted by molar-refractivity contribution is 9.10. The summed E-state index contributed by atoms with van der Waals surface area (Å²) in [7, 11) is 0. The van der Waals surface area contributed by atoms with Gasteiger partial charge in [0.2, 0.25) is 0 Å². The summed E-state index contributed by atoms with van der Waals surface area (Å²) in [5.74, 6) is 0.485. The van der Waals surface area contributed by atoms with Gasteiger partial charge in [0.25, 0.3) is 5.91 Å². The zero-order chi connectivity index (χ0) is 17.9. The Morgan fingerprint density at radius 1 is 1.15 bits per heavy atom. The smallest absolute Gasteiger partial charge is 0.258 e. The lowest BCUT2D eigenvalue weighted by atomic mass is 10.1. The van der Waals surface area contributed by atoms with Gasteiger partial charge in [-0.2, -0.15) is 5.10 Å². The Balaban J connectivity index is 1.46. The van der Waals surface area contributed by atoms with Gasteiger partial charge >= 0.3 is 0 Å². The second kappa shape index (κ2) is 7.43. The molecule has 0 fully saturated rings. The first kappa shape index (κ1) is 17.0. The van der Waals surface area contributed by atoms with Crippen molar-refractivity contribution in [1.29, 1.82) is 0 Å². The van der Waals surface area contributed by atoms with Crippen molar-refractivity contribution in [2.75, 3.05) is 11.9 Å². The minimum atomic E-state index is -0.154. The number of hydrogen-bond acceptors (Lipinski definition) is 3. The highest BCUT2D eigenvalue weighted by Gasteiger charge is 2.23. The highest BCUT2D eigenvalue weighted by Crippen LogP contribution is 2.26. The molecule has 2 heterocycles. The molecule has 1 aliphatic heterocycles. The van der Waals surface area contributed by atoms with Crippen LogP contribution in [0.2, 0.25) is 0 Å². The van der Waals surface area contributed by atoms with Crippen molar-refractivity contribution in [2.45, 2.75) is 19.5 Å². The number of benzene rings is 2. The van der Waals surface area contributed by atoms with E-state index in [1.807, 2.05) is 24.3 Å². The quantitative estimate of drug-likeness (QED) is 0.683. The van der Waals surface area contributed by atoms with Crippen LogP contribution in [0.25, 0.3) is 0 Å². The van der Waals surface area contributed by atoms with Crippen LogP contribution in [-0.2, 0) is 19.5 Å². The second-order valence-corrected chi connectivity index (χ2v) is 7.26. The molecule has 2 aromatic carbocycles. The van der Waals surface area contributed by atoms with Crippen molar-refractivity contribution < 1.29 is 4.79 Å². The van der Waals surface area contributed by atoms with Crippen LogP contribution in [0.5, 0.6) is 0 Å². The Kier molecular flexibility index (Phi) is 4.86. The standard InChI is InChI=1S/C20H19BrN4O/c21-17-9-5-4-8-15(17)20(26)22-19-16-10-11-25(13-18(16)23-24-19)12-14-6-2-1-3-7-14/h1-9H,10-13H2,(H2,22,23,24,26). The van der Waals surface area contributed by atoms with Gasteiger partial charge in [0.1, 0.15) is 0 Å². The van der Waals surface area contributed by atoms with E-state index in [4.69, 9.17) is 0 Å². The van der Waals surface area contributed by atoms with Crippen LogP contribution in [0.3, 0.4) is 0 Å². The number of aromatic amines is 1. The molecule has 132 valence electrons. The molecule has 1 aromatic heterocycles. The van der Waals surface area contributed by atoms with Crippen LogP contribution in [0.15, 0.2) is 59.1 Å². The van der Waals surface area contributed by atoms with E-state index in [-0.39, 0.29) is 5.91 Å². The Bertz CT molecular complexity index is 923. The third-order valence-corrected chi connectivity index (χ3v) is 5.30. The number of fused-ring (bicyclic) bond motifs is 1. The van der Waals surface area contributed by atoms with Crippen molar-refractivity contribution in [3.63, 3.8) is 0 Å². The summed E-state index contributed by atoms with van der Waals surface area (Å²) in [6, 6.07) is 17.8. The van der Waals surface area contributed by atoms with E-state index >= 15 is 0 Å². The molecule has 0 spiro atoms. The van der Waals surface area contributed by atoms with Crippen molar-refractivity contribution in [3.8, 4) is 0 Å². The average Bonchev–Trinajstić information content (AvgIpc) is 3.05. The highest BCUT2D eigenvalue weighted by atomic mass is 79.9. The molecule has 0 radical (unpaired) electrons. The van der Waals surface area contributed by atoms with Crippen molar-refractivity contribution >= 4 is 27.7 Å². The Hall–Kier alpha value is -2.44. The molecule has 6 heteroatoms. The predicted molar refractivity (Wildman–Crippen MR) is 105 cm³/mol. The zero-order valence-corrected chi connectivity index (χ0v) is 15.8. The molecule has 1 amide bonds. The molecule has 4 rings (SSSR count).